The van der Waals surface area contributed by atoms with Gasteiger partial charge in [0.15, 0.2) is 11.9 Å². The van der Waals surface area contributed by atoms with E-state index in [4.69, 9.17) is 0 Å². The highest BCUT2D eigenvalue weighted by atomic mass is 19.4. The highest BCUT2D eigenvalue weighted by Crippen LogP contribution is 2.28. The Morgan fingerprint density at radius 3 is 2.38 bits per heavy atom. The molecule has 3 heterocycles. The zero-order chi connectivity index (χ0) is 19.1. The highest BCUT2D eigenvalue weighted by molar-refractivity contribution is 5.66. The SMILES string of the molecule is CC(F)c1ncn2cnc(-c3cnc(O[C@@H](C)C(F)(F)F)c(F)c3)cc12. The van der Waals surface area contributed by atoms with Crippen LogP contribution in [0.25, 0.3) is 16.8 Å². The molecule has 0 bridgehead atoms. The van der Waals surface area contributed by atoms with Gasteiger partial charge in [-0.15, -0.1) is 0 Å². The van der Waals surface area contributed by atoms with E-state index in [-0.39, 0.29) is 17.0 Å². The highest BCUT2D eigenvalue weighted by Gasteiger charge is 2.38. The van der Waals surface area contributed by atoms with Gasteiger partial charge in [-0.25, -0.2) is 23.7 Å². The van der Waals surface area contributed by atoms with Crippen LogP contribution in [0.4, 0.5) is 22.0 Å². The lowest BCUT2D eigenvalue weighted by Crippen LogP contribution is -2.31. The summed E-state index contributed by atoms with van der Waals surface area (Å²) < 4.78 is 71.2. The molecule has 0 saturated carbocycles. The molecule has 5 nitrogen and oxygen atoms in total. The predicted octanol–water partition coefficient (Wildman–Crippen LogP) is 4.29. The molecule has 3 rings (SSSR count). The summed E-state index contributed by atoms with van der Waals surface area (Å²) in [5.74, 6) is -1.82. The first-order chi connectivity index (χ1) is 12.2. The van der Waals surface area contributed by atoms with Crippen LogP contribution >= 0.6 is 0 Å². The normalized spacial score (nSPS) is 14.4. The third-order valence-electron chi connectivity index (χ3n) is 3.69. The smallest absolute Gasteiger partial charge is 0.425 e. The van der Waals surface area contributed by atoms with Crippen LogP contribution in [0.5, 0.6) is 5.88 Å². The van der Waals surface area contributed by atoms with Crippen LogP contribution in [0.15, 0.2) is 31.0 Å². The van der Waals surface area contributed by atoms with Crippen molar-refractivity contribution < 1.29 is 26.7 Å². The van der Waals surface area contributed by atoms with E-state index < -0.39 is 30.1 Å². The summed E-state index contributed by atoms with van der Waals surface area (Å²) in [5.41, 5.74) is 1.11. The van der Waals surface area contributed by atoms with Crippen molar-refractivity contribution in [3.05, 3.63) is 42.5 Å². The first kappa shape index (κ1) is 18.0. The number of fused-ring (bicyclic) bond motifs is 1. The maximum absolute atomic E-state index is 14.1. The zero-order valence-electron chi connectivity index (χ0n) is 13.6. The fourth-order valence-corrected chi connectivity index (χ4v) is 2.27. The maximum atomic E-state index is 14.1. The molecule has 138 valence electrons. The van der Waals surface area contributed by atoms with Crippen LogP contribution in [0.2, 0.25) is 0 Å². The molecule has 0 aliphatic rings. The van der Waals surface area contributed by atoms with Gasteiger partial charge < -0.3 is 4.74 Å². The maximum Gasteiger partial charge on any atom is 0.425 e. The standard InChI is InChI=1S/C16H13F5N4O/c1-8(17)14-13-4-12(23-6-25(13)7-24-14)10-3-11(18)15(22-5-10)26-9(2)16(19,20)21/h3-9H,1-2H3/t8?,9-/m0/s1. The van der Waals surface area contributed by atoms with Gasteiger partial charge in [0.05, 0.1) is 11.2 Å². The van der Waals surface area contributed by atoms with Crippen molar-refractivity contribution in [1.29, 1.82) is 0 Å². The second kappa shape index (κ2) is 6.50. The van der Waals surface area contributed by atoms with Crippen molar-refractivity contribution in [3.8, 4) is 17.1 Å². The van der Waals surface area contributed by atoms with E-state index in [2.05, 4.69) is 19.7 Å². The Labute approximate surface area is 144 Å². The van der Waals surface area contributed by atoms with Gasteiger partial charge in [0, 0.05) is 11.8 Å². The molecule has 0 aromatic carbocycles. The van der Waals surface area contributed by atoms with E-state index in [1.807, 2.05) is 0 Å². The zero-order valence-corrected chi connectivity index (χ0v) is 13.6. The molecule has 0 saturated heterocycles. The molecule has 3 aromatic heterocycles. The van der Waals surface area contributed by atoms with E-state index in [1.54, 1.807) is 0 Å². The second-order valence-electron chi connectivity index (χ2n) is 5.63. The average molecular weight is 372 g/mol. The molecular formula is C16H13F5N4O. The fourth-order valence-electron chi connectivity index (χ4n) is 2.27. The number of ether oxygens (including phenoxy) is 1. The topological polar surface area (TPSA) is 52.3 Å². The number of rotatable bonds is 4. The minimum Gasteiger partial charge on any atom is -0.463 e. The Bertz CT molecular complexity index is 938. The number of imidazole rings is 1. The summed E-state index contributed by atoms with van der Waals surface area (Å²) in [6.45, 7) is 2.08. The van der Waals surface area contributed by atoms with Gasteiger partial charge in [0.25, 0.3) is 5.88 Å². The van der Waals surface area contributed by atoms with Gasteiger partial charge in [0.2, 0.25) is 0 Å². The van der Waals surface area contributed by atoms with Gasteiger partial charge in [-0.3, -0.25) is 4.40 Å². The number of pyridine rings is 1. The molecule has 0 aliphatic carbocycles. The molecular weight excluding hydrogens is 359 g/mol. The summed E-state index contributed by atoms with van der Waals surface area (Å²) in [4.78, 5) is 11.6. The third-order valence-corrected chi connectivity index (χ3v) is 3.69. The summed E-state index contributed by atoms with van der Waals surface area (Å²) >= 11 is 0. The van der Waals surface area contributed by atoms with Crippen molar-refractivity contribution in [2.24, 2.45) is 0 Å². The monoisotopic (exact) mass is 372 g/mol. The molecule has 1 unspecified atom stereocenters. The quantitative estimate of drug-likeness (QED) is 0.641. The molecule has 0 amide bonds. The molecule has 0 radical (unpaired) electrons. The van der Waals surface area contributed by atoms with Crippen molar-refractivity contribution in [3.63, 3.8) is 0 Å². The fraction of sp³-hybridized carbons (Fsp3) is 0.312. The Morgan fingerprint density at radius 1 is 1.08 bits per heavy atom. The van der Waals surface area contributed by atoms with Gasteiger partial charge in [-0.1, -0.05) is 0 Å². The predicted molar refractivity (Wildman–Crippen MR) is 81.8 cm³/mol. The van der Waals surface area contributed by atoms with Gasteiger partial charge in [-0.05, 0) is 26.0 Å². The number of hydrogen-bond acceptors (Lipinski definition) is 4. The average Bonchev–Trinajstić information content (AvgIpc) is 2.99. The molecule has 3 aromatic rings. The third kappa shape index (κ3) is 3.44. The summed E-state index contributed by atoms with van der Waals surface area (Å²) in [5, 5.41) is 0. The first-order valence-electron chi connectivity index (χ1n) is 7.52. The molecule has 10 heteroatoms. The van der Waals surface area contributed by atoms with E-state index >= 15 is 0 Å². The number of alkyl halides is 4. The lowest BCUT2D eigenvalue weighted by molar-refractivity contribution is -0.190. The van der Waals surface area contributed by atoms with E-state index in [9.17, 15) is 22.0 Å². The van der Waals surface area contributed by atoms with Crippen molar-refractivity contribution >= 4 is 5.52 Å². The summed E-state index contributed by atoms with van der Waals surface area (Å²) in [6, 6.07) is 2.45. The minimum atomic E-state index is -4.64. The molecule has 26 heavy (non-hydrogen) atoms. The number of nitrogens with zero attached hydrogens (tertiary/aromatic N) is 4. The van der Waals surface area contributed by atoms with Crippen LogP contribution < -0.4 is 4.74 Å². The largest absolute Gasteiger partial charge is 0.463 e. The minimum absolute atomic E-state index is 0.195. The Morgan fingerprint density at radius 2 is 1.77 bits per heavy atom. The van der Waals surface area contributed by atoms with E-state index in [0.29, 0.717) is 5.52 Å². The van der Waals surface area contributed by atoms with Crippen molar-refractivity contribution in [1.82, 2.24) is 19.4 Å². The van der Waals surface area contributed by atoms with E-state index in [0.717, 1.165) is 19.2 Å². The van der Waals surface area contributed by atoms with Crippen LogP contribution in [0.1, 0.15) is 25.7 Å². The van der Waals surface area contributed by atoms with Crippen LogP contribution in [0.3, 0.4) is 0 Å². The van der Waals surface area contributed by atoms with Gasteiger partial charge in [-0.2, -0.15) is 13.2 Å². The molecule has 0 spiro atoms. The molecule has 0 fully saturated rings. The van der Waals surface area contributed by atoms with Crippen LogP contribution in [-0.4, -0.2) is 31.6 Å². The van der Waals surface area contributed by atoms with Crippen LogP contribution in [0, 0.1) is 5.82 Å². The number of hydrogen-bond donors (Lipinski definition) is 0. The first-order valence-corrected chi connectivity index (χ1v) is 7.52. The molecule has 0 aliphatic heterocycles. The summed E-state index contributed by atoms with van der Waals surface area (Å²) in [7, 11) is 0. The molecule has 0 N–H and O–H groups in total. The Kier molecular flexibility index (Phi) is 4.51. The number of aromatic nitrogens is 4. The second-order valence-corrected chi connectivity index (χ2v) is 5.63. The van der Waals surface area contributed by atoms with Crippen molar-refractivity contribution in [2.75, 3.05) is 0 Å². The van der Waals surface area contributed by atoms with Gasteiger partial charge >= 0.3 is 6.18 Å². The molecule has 2 atom stereocenters. The summed E-state index contributed by atoms with van der Waals surface area (Å²) in [6.07, 6.45) is -4.26. The lowest BCUT2D eigenvalue weighted by Gasteiger charge is -2.17. The van der Waals surface area contributed by atoms with Crippen molar-refractivity contribution in [2.45, 2.75) is 32.3 Å². The Balaban J connectivity index is 1.94. The van der Waals surface area contributed by atoms with Crippen LogP contribution in [-0.2, 0) is 0 Å². The Hall–Kier alpha value is -2.78. The number of halogens is 5. The lowest BCUT2D eigenvalue weighted by atomic mass is 10.1. The van der Waals surface area contributed by atoms with Gasteiger partial charge in [0.1, 0.15) is 24.5 Å². The van der Waals surface area contributed by atoms with E-state index in [1.165, 1.54) is 30.0 Å².